The van der Waals surface area contributed by atoms with Gasteiger partial charge in [0.05, 0.1) is 29.6 Å². The van der Waals surface area contributed by atoms with Crippen LogP contribution in [0.2, 0.25) is 10.0 Å². The number of hydrogen-bond donors (Lipinski definition) is 1. The Labute approximate surface area is 188 Å². The lowest BCUT2D eigenvalue weighted by atomic mass is 9.81. The van der Waals surface area contributed by atoms with Crippen molar-refractivity contribution in [2.45, 2.75) is 37.5 Å². The summed E-state index contributed by atoms with van der Waals surface area (Å²) in [6.45, 7) is 0. The lowest BCUT2D eigenvalue weighted by Crippen LogP contribution is -2.24. The van der Waals surface area contributed by atoms with Gasteiger partial charge in [0.2, 0.25) is 5.92 Å². The van der Waals surface area contributed by atoms with Gasteiger partial charge in [0.15, 0.2) is 0 Å². The average Bonchev–Trinajstić information content (AvgIpc) is 2.75. The van der Waals surface area contributed by atoms with Crippen LogP contribution in [0.25, 0.3) is 10.9 Å². The molecule has 1 saturated carbocycles. The number of rotatable bonds is 4. The van der Waals surface area contributed by atoms with E-state index in [1.54, 1.807) is 36.5 Å². The first-order valence-corrected chi connectivity index (χ1v) is 10.6. The predicted octanol–water partition coefficient (Wildman–Crippen LogP) is 7.36. The molecular formula is C23H20Cl2F2N2O2. The molecule has 4 nitrogen and oxygen atoms in total. The molecule has 4 rings (SSSR count). The molecule has 0 spiro atoms. The predicted molar refractivity (Wildman–Crippen MR) is 119 cm³/mol. The zero-order valence-electron chi connectivity index (χ0n) is 16.7. The first kappa shape index (κ1) is 21.8. The van der Waals surface area contributed by atoms with E-state index in [1.807, 2.05) is 0 Å². The molecule has 1 N–H and O–H groups in total. The van der Waals surface area contributed by atoms with Crippen LogP contribution < -0.4 is 5.32 Å². The Hall–Kier alpha value is -2.44. The van der Waals surface area contributed by atoms with Crippen molar-refractivity contribution in [3.8, 4) is 0 Å². The van der Waals surface area contributed by atoms with Crippen molar-refractivity contribution in [3.63, 3.8) is 0 Å². The Morgan fingerprint density at radius 3 is 2.52 bits per heavy atom. The normalized spacial score (nSPS) is 16.3. The fourth-order valence-corrected chi connectivity index (χ4v) is 4.36. The third kappa shape index (κ3) is 4.60. The highest BCUT2D eigenvalue weighted by atomic mass is 35.5. The molecule has 1 aliphatic carbocycles. The molecular weight excluding hydrogens is 445 g/mol. The number of nitrogens with one attached hydrogen (secondary N) is 1. The highest BCUT2D eigenvalue weighted by Crippen LogP contribution is 2.45. The van der Waals surface area contributed by atoms with Gasteiger partial charge in [-0.05, 0) is 60.7 Å². The SMILES string of the molecule is COC(=O)c1cc(Cl)ccc1Nc1c(C2CCC(F)(F)CC2)cnc2ccc(Cl)cc12. The molecule has 3 aromatic rings. The molecule has 8 heteroatoms. The van der Waals surface area contributed by atoms with E-state index in [0.29, 0.717) is 39.8 Å². The van der Waals surface area contributed by atoms with Crippen LogP contribution in [0.1, 0.15) is 47.5 Å². The molecule has 1 aromatic heterocycles. The van der Waals surface area contributed by atoms with E-state index in [2.05, 4.69) is 10.3 Å². The zero-order valence-corrected chi connectivity index (χ0v) is 18.2. The number of halogens is 4. The molecule has 162 valence electrons. The van der Waals surface area contributed by atoms with Crippen LogP contribution in [0.4, 0.5) is 20.2 Å². The molecule has 0 radical (unpaired) electrons. The third-order valence-electron chi connectivity index (χ3n) is 5.66. The van der Waals surface area contributed by atoms with Gasteiger partial charge in [0.1, 0.15) is 0 Å². The monoisotopic (exact) mass is 464 g/mol. The fraction of sp³-hybridized carbons (Fsp3) is 0.304. The van der Waals surface area contributed by atoms with Crippen LogP contribution >= 0.6 is 23.2 Å². The average molecular weight is 465 g/mol. The number of esters is 1. The van der Waals surface area contributed by atoms with Crippen LogP contribution in [0.15, 0.2) is 42.6 Å². The lowest BCUT2D eigenvalue weighted by molar-refractivity contribution is -0.0381. The second kappa shape index (κ2) is 8.60. The number of pyridine rings is 1. The van der Waals surface area contributed by atoms with Gasteiger partial charge in [0, 0.05) is 34.5 Å². The van der Waals surface area contributed by atoms with E-state index in [1.165, 1.54) is 13.2 Å². The minimum atomic E-state index is -2.63. The number of aromatic nitrogens is 1. The van der Waals surface area contributed by atoms with Crippen molar-refractivity contribution in [2.75, 3.05) is 12.4 Å². The van der Waals surface area contributed by atoms with Gasteiger partial charge in [-0.2, -0.15) is 0 Å². The standard InChI is InChI=1S/C23H20Cl2F2N2O2/c1-31-22(30)17-11-15(25)3-5-20(17)29-21-16-10-14(24)2-4-19(16)28-12-18(21)13-6-8-23(26,27)9-7-13/h2-5,10-13H,6-9H2,1H3,(H,28,29). The molecule has 0 saturated heterocycles. The summed E-state index contributed by atoms with van der Waals surface area (Å²) in [7, 11) is 1.29. The Morgan fingerprint density at radius 1 is 1.13 bits per heavy atom. The number of alkyl halides is 2. The maximum Gasteiger partial charge on any atom is 0.340 e. The number of fused-ring (bicyclic) bond motifs is 1. The van der Waals surface area contributed by atoms with E-state index >= 15 is 0 Å². The van der Waals surface area contributed by atoms with Crippen LogP contribution in [0, 0.1) is 0 Å². The van der Waals surface area contributed by atoms with E-state index in [9.17, 15) is 13.6 Å². The summed E-state index contributed by atoms with van der Waals surface area (Å²) in [4.78, 5) is 16.8. The Bertz CT molecular complexity index is 1140. The van der Waals surface area contributed by atoms with Crippen LogP contribution in [0.3, 0.4) is 0 Å². The van der Waals surface area contributed by atoms with Crippen LogP contribution in [-0.2, 0) is 4.74 Å². The number of benzene rings is 2. The van der Waals surface area contributed by atoms with Gasteiger partial charge in [-0.25, -0.2) is 13.6 Å². The van der Waals surface area contributed by atoms with E-state index in [4.69, 9.17) is 27.9 Å². The van der Waals surface area contributed by atoms with Crippen molar-refractivity contribution < 1.29 is 18.3 Å². The topological polar surface area (TPSA) is 51.2 Å². The molecule has 0 unspecified atom stereocenters. The number of methoxy groups -OCH3 is 1. The second-order valence-corrected chi connectivity index (χ2v) is 8.56. The van der Waals surface area contributed by atoms with Crippen LogP contribution in [0.5, 0.6) is 0 Å². The number of ether oxygens (including phenoxy) is 1. The summed E-state index contributed by atoms with van der Waals surface area (Å²) in [6, 6.07) is 10.2. The summed E-state index contributed by atoms with van der Waals surface area (Å²) in [5, 5.41) is 4.98. The number of carbonyl (C=O) groups is 1. The van der Waals surface area contributed by atoms with E-state index < -0.39 is 11.9 Å². The summed E-state index contributed by atoms with van der Waals surface area (Å²) in [6.07, 6.45) is 2.08. The number of hydrogen-bond acceptors (Lipinski definition) is 4. The molecule has 31 heavy (non-hydrogen) atoms. The van der Waals surface area contributed by atoms with E-state index in [-0.39, 0.29) is 24.3 Å². The van der Waals surface area contributed by atoms with Crippen molar-refractivity contribution >= 4 is 51.4 Å². The molecule has 0 aliphatic heterocycles. The molecule has 0 atom stereocenters. The zero-order chi connectivity index (χ0) is 22.2. The first-order chi connectivity index (χ1) is 14.8. The van der Waals surface area contributed by atoms with Crippen molar-refractivity contribution in [2.24, 2.45) is 0 Å². The largest absolute Gasteiger partial charge is 0.465 e. The Balaban J connectivity index is 1.84. The van der Waals surface area contributed by atoms with Gasteiger partial charge in [0.25, 0.3) is 0 Å². The maximum absolute atomic E-state index is 13.8. The van der Waals surface area contributed by atoms with E-state index in [0.717, 1.165) is 10.9 Å². The highest BCUT2D eigenvalue weighted by molar-refractivity contribution is 6.31. The van der Waals surface area contributed by atoms with Gasteiger partial charge < -0.3 is 10.1 Å². The molecule has 2 aromatic carbocycles. The molecule has 1 heterocycles. The van der Waals surface area contributed by atoms with Gasteiger partial charge in [-0.15, -0.1) is 0 Å². The summed E-state index contributed by atoms with van der Waals surface area (Å²) in [5.41, 5.74) is 2.96. The Morgan fingerprint density at radius 2 is 1.81 bits per heavy atom. The lowest BCUT2D eigenvalue weighted by Gasteiger charge is -2.30. The van der Waals surface area contributed by atoms with Crippen molar-refractivity contribution in [1.29, 1.82) is 0 Å². The molecule has 0 amide bonds. The fourth-order valence-electron chi connectivity index (χ4n) is 4.02. The maximum atomic E-state index is 13.8. The van der Waals surface area contributed by atoms with Gasteiger partial charge >= 0.3 is 5.97 Å². The highest BCUT2D eigenvalue weighted by Gasteiger charge is 2.36. The number of carbonyl (C=O) groups excluding carboxylic acids is 1. The van der Waals surface area contributed by atoms with Crippen molar-refractivity contribution in [1.82, 2.24) is 4.98 Å². The molecule has 1 fully saturated rings. The molecule has 0 bridgehead atoms. The number of nitrogens with zero attached hydrogens (tertiary/aromatic N) is 1. The Kier molecular flexibility index (Phi) is 6.04. The third-order valence-corrected chi connectivity index (χ3v) is 6.13. The smallest absolute Gasteiger partial charge is 0.340 e. The quantitative estimate of drug-likeness (QED) is 0.409. The summed E-state index contributed by atoms with van der Waals surface area (Å²) < 4.78 is 32.4. The summed E-state index contributed by atoms with van der Waals surface area (Å²) in [5.74, 6) is -3.27. The minimum absolute atomic E-state index is 0.0908. The van der Waals surface area contributed by atoms with Crippen LogP contribution in [-0.4, -0.2) is 24.0 Å². The summed E-state index contributed by atoms with van der Waals surface area (Å²) >= 11 is 12.3. The van der Waals surface area contributed by atoms with Crippen molar-refractivity contribution in [3.05, 3.63) is 63.8 Å². The number of anilines is 2. The van der Waals surface area contributed by atoms with Gasteiger partial charge in [-0.1, -0.05) is 23.2 Å². The second-order valence-electron chi connectivity index (χ2n) is 7.69. The minimum Gasteiger partial charge on any atom is -0.465 e. The first-order valence-electron chi connectivity index (χ1n) is 9.88. The van der Waals surface area contributed by atoms with Gasteiger partial charge in [-0.3, -0.25) is 4.98 Å². The molecule has 1 aliphatic rings.